The van der Waals surface area contributed by atoms with Gasteiger partial charge in [0.05, 0.1) is 0 Å². The summed E-state index contributed by atoms with van der Waals surface area (Å²) in [6.07, 6.45) is 4.26. The van der Waals surface area contributed by atoms with Crippen LogP contribution in [0.1, 0.15) is 87.0 Å². The van der Waals surface area contributed by atoms with E-state index in [1.165, 1.54) is 9.80 Å². The topological polar surface area (TPSA) is 66.9 Å². The van der Waals surface area contributed by atoms with Crippen molar-refractivity contribution in [2.75, 3.05) is 7.05 Å². The van der Waals surface area contributed by atoms with Crippen LogP contribution in [0.25, 0.3) is 0 Å². The molecule has 0 bridgehead atoms. The van der Waals surface area contributed by atoms with Crippen LogP contribution in [0.2, 0.25) is 0 Å². The van der Waals surface area contributed by atoms with Crippen molar-refractivity contribution in [2.45, 2.75) is 105 Å². The fourth-order valence-corrected chi connectivity index (χ4v) is 3.61. The molecule has 1 fully saturated rings. The van der Waals surface area contributed by atoms with Crippen molar-refractivity contribution >= 4 is 17.8 Å². The highest BCUT2D eigenvalue weighted by Gasteiger charge is 2.54. The summed E-state index contributed by atoms with van der Waals surface area (Å²) in [6.45, 7) is 13.3. The Morgan fingerprint density at radius 2 is 1.56 bits per heavy atom. The van der Waals surface area contributed by atoms with E-state index in [4.69, 9.17) is 4.74 Å². The van der Waals surface area contributed by atoms with Gasteiger partial charge in [0.25, 0.3) is 5.91 Å². The Kier molecular flexibility index (Phi) is 7.87. The van der Waals surface area contributed by atoms with Crippen LogP contribution in [-0.2, 0) is 14.3 Å². The van der Waals surface area contributed by atoms with E-state index in [9.17, 15) is 14.4 Å². The molecule has 1 aliphatic heterocycles. The lowest BCUT2D eigenvalue weighted by molar-refractivity contribution is -0.134. The number of hydrogen-bond acceptors (Lipinski definition) is 4. The number of ether oxygens (including phenoxy) is 1. The lowest BCUT2D eigenvalue weighted by atomic mass is 9.91. The lowest BCUT2D eigenvalue weighted by Gasteiger charge is -2.39. The molecule has 6 nitrogen and oxygen atoms in total. The molecule has 0 saturated carbocycles. The Balaban J connectivity index is 3.04. The average Bonchev–Trinajstić information content (AvgIpc) is 2.77. The minimum atomic E-state index is -1.08. The highest BCUT2D eigenvalue weighted by Crippen LogP contribution is 2.35. The Hall–Kier alpha value is -1.59. The average molecular weight is 383 g/mol. The first-order valence-electron chi connectivity index (χ1n) is 10.1. The van der Waals surface area contributed by atoms with Crippen molar-refractivity contribution in [3.8, 4) is 0 Å². The first-order valence-corrected chi connectivity index (χ1v) is 10.1. The van der Waals surface area contributed by atoms with Crippen LogP contribution in [0.15, 0.2) is 0 Å². The number of nitrogens with zero attached hydrogens (tertiary/aromatic N) is 2. The minimum absolute atomic E-state index is 0.194. The Labute approximate surface area is 164 Å². The van der Waals surface area contributed by atoms with E-state index in [1.807, 2.05) is 20.8 Å². The van der Waals surface area contributed by atoms with Gasteiger partial charge in [-0.2, -0.15) is 0 Å². The highest BCUT2D eigenvalue weighted by atomic mass is 16.6. The van der Waals surface area contributed by atoms with Gasteiger partial charge in [-0.15, -0.1) is 0 Å². The van der Waals surface area contributed by atoms with E-state index in [2.05, 4.69) is 6.92 Å². The third-order valence-electron chi connectivity index (χ3n) is 4.70. The summed E-state index contributed by atoms with van der Waals surface area (Å²) in [5, 5.41) is 0. The predicted molar refractivity (Wildman–Crippen MR) is 106 cm³/mol. The first kappa shape index (κ1) is 23.4. The first-order chi connectivity index (χ1) is 12.3. The van der Waals surface area contributed by atoms with Crippen LogP contribution in [0.5, 0.6) is 0 Å². The summed E-state index contributed by atoms with van der Waals surface area (Å²) in [4.78, 5) is 41.6. The van der Waals surface area contributed by atoms with E-state index >= 15 is 0 Å². The largest absolute Gasteiger partial charge is 0.444 e. The molecule has 0 aromatic carbocycles. The van der Waals surface area contributed by atoms with E-state index in [0.717, 1.165) is 32.1 Å². The smallest absolute Gasteiger partial charge is 0.413 e. The molecule has 1 aliphatic rings. The van der Waals surface area contributed by atoms with Gasteiger partial charge in [0.1, 0.15) is 11.8 Å². The zero-order chi connectivity index (χ0) is 21.0. The maximum Gasteiger partial charge on any atom is 0.413 e. The van der Waals surface area contributed by atoms with Crippen molar-refractivity contribution < 1.29 is 19.1 Å². The molecule has 2 atom stereocenters. The molecule has 0 unspecified atom stereocenters. The number of rotatable bonds is 7. The maximum atomic E-state index is 12.9. The van der Waals surface area contributed by atoms with Gasteiger partial charge in [0, 0.05) is 18.9 Å². The number of carbonyl (C=O) groups excluding carboxylic acids is 3. The summed E-state index contributed by atoms with van der Waals surface area (Å²) < 4.78 is 5.54. The molecule has 1 rings (SSSR count). The van der Waals surface area contributed by atoms with Crippen molar-refractivity contribution in [1.29, 1.82) is 0 Å². The summed E-state index contributed by atoms with van der Waals surface area (Å²) in [5.74, 6) is -0.514. The number of unbranched alkanes of at least 4 members (excludes halogenated alkanes) is 4. The third-order valence-corrected chi connectivity index (χ3v) is 4.70. The molecule has 0 spiro atoms. The number of carbonyl (C=O) groups is 3. The molecule has 6 heteroatoms. The molecule has 0 aromatic rings. The summed E-state index contributed by atoms with van der Waals surface area (Å²) >= 11 is 0. The van der Waals surface area contributed by atoms with E-state index in [1.54, 1.807) is 27.8 Å². The Morgan fingerprint density at radius 1 is 1.00 bits per heavy atom. The summed E-state index contributed by atoms with van der Waals surface area (Å²) in [5.41, 5.74) is -1.10. The van der Waals surface area contributed by atoms with Gasteiger partial charge < -0.3 is 9.64 Å². The van der Waals surface area contributed by atoms with Gasteiger partial charge in [0.15, 0.2) is 11.8 Å². The lowest BCUT2D eigenvalue weighted by Crippen LogP contribution is -2.53. The number of ketones is 1. The van der Waals surface area contributed by atoms with Crippen molar-refractivity contribution in [1.82, 2.24) is 9.80 Å². The molecule has 27 heavy (non-hydrogen) atoms. The van der Waals surface area contributed by atoms with E-state index in [0.29, 0.717) is 6.42 Å². The quantitative estimate of drug-likeness (QED) is 0.484. The zero-order valence-electron chi connectivity index (χ0n) is 18.4. The second-order valence-electron chi connectivity index (χ2n) is 9.61. The van der Waals surface area contributed by atoms with Crippen LogP contribution >= 0.6 is 0 Å². The zero-order valence-corrected chi connectivity index (χ0v) is 18.4. The molecule has 2 amide bonds. The van der Waals surface area contributed by atoms with Crippen LogP contribution in [-0.4, -0.2) is 52.4 Å². The third kappa shape index (κ3) is 6.22. The molecular formula is C21H38N2O4. The number of hydrogen-bond donors (Lipinski definition) is 0. The maximum absolute atomic E-state index is 12.9. The monoisotopic (exact) mass is 382 g/mol. The SMILES string of the molecule is CCCCCCCC(=O)[C@H]1C(=O)N(C)[C@H](C(C)(C)C)N1C(=O)OC(C)(C)C. The molecule has 1 saturated heterocycles. The fourth-order valence-electron chi connectivity index (χ4n) is 3.61. The second kappa shape index (κ2) is 9.07. The number of Topliss-reactive ketones (excluding diaryl/α,β-unsaturated/α-hetero) is 1. The molecule has 156 valence electrons. The van der Waals surface area contributed by atoms with Crippen LogP contribution in [0.4, 0.5) is 4.79 Å². The Morgan fingerprint density at radius 3 is 2.04 bits per heavy atom. The van der Waals surface area contributed by atoms with E-state index in [-0.39, 0.29) is 11.7 Å². The number of amides is 2. The number of likely N-dealkylation sites (N-methyl/N-ethyl adjacent to an activating group) is 1. The van der Waals surface area contributed by atoms with Gasteiger partial charge in [-0.1, -0.05) is 53.4 Å². The van der Waals surface area contributed by atoms with Gasteiger partial charge >= 0.3 is 6.09 Å². The fraction of sp³-hybridized carbons (Fsp3) is 0.857. The van der Waals surface area contributed by atoms with Gasteiger partial charge in [-0.3, -0.25) is 14.5 Å². The van der Waals surface area contributed by atoms with Gasteiger partial charge in [-0.25, -0.2) is 4.79 Å². The van der Waals surface area contributed by atoms with Crippen molar-refractivity contribution in [2.24, 2.45) is 5.41 Å². The van der Waals surface area contributed by atoms with Crippen molar-refractivity contribution in [3.63, 3.8) is 0 Å². The van der Waals surface area contributed by atoms with Gasteiger partial charge in [-0.05, 0) is 27.2 Å². The standard InChI is InChI=1S/C21H38N2O4/c1-9-10-11-12-13-14-15(24)16-17(25)22(8)18(20(2,3)4)23(16)19(26)27-21(5,6)7/h16,18H,9-14H2,1-8H3/t16-,18-/m0/s1. The Bertz CT molecular complexity index is 545. The molecule has 0 radical (unpaired) electrons. The second-order valence-corrected chi connectivity index (χ2v) is 9.61. The normalized spacial score (nSPS) is 21.0. The van der Waals surface area contributed by atoms with Crippen LogP contribution in [0, 0.1) is 5.41 Å². The molecule has 0 N–H and O–H groups in total. The van der Waals surface area contributed by atoms with Crippen LogP contribution in [0.3, 0.4) is 0 Å². The molecular weight excluding hydrogens is 344 g/mol. The molecule has 0 aromatic heterocycles. The summed E-state index contributed by atoms with van der Waals surface area (Å²) in [7, 11) is 1.66. The van der Waals surface area contributed by atoms with E-state index < -0.39 is 29.3 Å². The minimum Gasteiger partial charge on any atom is -0.444 e. The highest BCUT2D eigenvalue weighted by molar-refractivity contribution is 6.09. The van der Waals surface area contributed by atoms with Crippen LogP contribution < -0.4 is 0 Å². The van der Waals surface area contributed by atoms with Crippen molar-refractivity contribution in [3.05, 3.63) is 0 Å². The predicted octanol–water partition coefficient (Wildman–Crippen LogP) is 4.37. The summed E-state index contributed by atoms with van der Waals surface area (Å²) in [6, 6.07) is -1.08. The molecule has 0 aliphatic carbocycles. The van der Waals surface area contributed by atoms with Gasteiger partial charge in [0.2, 0.25) is 0 Å². The molecule has 1 heterocycles.